The smallest absolute Gasteiger partial charge is 0.288 e. The van der Waals surface area contributed by atoms with Crippen LogP contribution in [0.5, 0.6) is 0 Å². The molecule has 0 heterocycles. The number of thioether (sulfide) groups is 1. The molecule has 6 heteroatoms. The predicted octanol–water partition coefficient (Wildman–Crippen LogP) is 2.31. The van der Waals surface area contributed by atoms with Crippen LogP contribution in [0.2, 0.25) is 0 Å². The normalized spacial score (nSPS) is 13.0. The van der Waals surface area contributed by atoms with E-state index in [1.165, 1.54) is 0 Å². The second-order valence-corrected chi connectivity index (χ2v) is 5.08. The SMILES string of the molecule is C[C@H](C(N)=O)N(C)Cc1ccc(SC(F)F)cc1. The van der Waals surface area contributed by atoms with Crippen LogP contribution in [-0.2, 0) is 11.3 Å². The summed E-state index contributed by atoms with van der Waals surface area (Å²) in [5.41, 5.74) is 6.15. The molecular formula is C12H16F2N2OS. The van der Waals surface area contributed by atoms with Gasteiger partial charge in [-0.25, -0.2) is 0 Å². The Bertz CT molecular complexity index is 398. The Kier molecular flexibility index (Phi) is 5.55. The fourth-order valence-electron chi connectivity index (χ4n) is 1.42. The molecule has 1 amide bonds. The predicted molar refractivity (Wildman–Crippen MR) is 68.4 cm³/mol. The summed E-state index contributed by atoms with van der Waals surface area (Å²) in [5, 5.41) is 0. The van der Waals surface area contributed by atoms with Crippen molar-refractivity contribution < 1.29 is 13.6 Å². The molecule has 0 fully saturated rings. The van der Waals surface area contributed by atoms with E-state index >= 15 is 0 Å². The monoisotopic (exact) mass is 274 g/mol. The van der Waals surface area contributed by atoms with Crippen LogP contribution >= 0.6 is 11.8 Å². The molecule has 0 spiro atoms. The Balaban J connectivity index is 2.60. The van der Waals surface area contributed by atoms with Crippen molar-refractivity contribution >= 4 is 17.7 Å². The number of carbonyl (C=O) groups excluding carboxylic acids is 1. The van der Waals surface area contributed by atoms with Gasteiger partial charge in [0.1, 0.15) is 0 Å². The summed E-state index contributed by atoms with van der Waals surface area (Å²) >= 11 is 0.516. The average molecular weight is 274 g/mol. The minimum absolute atomic E-state index is 0.361. The summed E-state index contributed by atoms with van der Waals surface area (Å²) in [4.78, 5) is 13.3. The molecule has 0 aromatic heterocycles. The number of amides is 1. The first kappa shape index (κ1) is 14.9. The van der Waals surface area contributed by atoms with Gasteiger partial charge in [0.2, 0.25) is 5.91 Å². The number of carbonyl (C=O) groups is 1. The summed E-state index contributed by atoms with van der Waals surface area (Å²) in [5.74, 6) is -2.80. The second-order valence-electron chi connectivity index (χ2n) is 4.02. The van der Waals surface area contributed by atoms with E-state index in [4.69, 9.17) is 5.73 Å². The molecule has 1 aromatic rings. The molecule has 1 rings (SSSR count). The number of primary amides is 1. The van der Waals surface area contributed by atoms with Crippen molar-refractivity contribution in [3.8, 4) is 0 Å². The lowest BCUT2D eigenvalue weighted by molar-refractivity contribution is -0.122. The molecule has 3 nitrogen and oxygen atoms in total. The maximum Gasteiger partial charge on any atom is 0.288 e. The highest BCUT2D eigenvalue weighted by Gasteiger charge is 2.14. The molecule has 100 valence electrons. The molecule has 0 saturated carbocycles. The average Bonchev–Trinajstić information content (AvgIpc) is 2.29. The molecule has 1 atom stereocenters. The number of rotatable bonds is 6. The third kappa shape index (κ3) is 4.62. The zero-order chi connectivity index (χ0) is 13.7. The van der Waals surface area contributed by atoms with Crippen LogP contribution in [0.3, 0.4) is 0 Å². The summed E-state index contributed by atoms with van der Waals surface area (Å²) in [7, 11) is 1.79. The molecule has 0 saturated heterocycles. The molecule has 2 N–H and O–H groups in total. The van der Waals surface area contributed by atoms with Gasteiger partial charge in [0.15, 0.2) is 0 Å². The summed E-state index contributed by atoms with van der Waals surface area (Å²) in [6.45, 7) is 2.27. The topological polar surface area (TPSA) is 46.3 Å². The number of benzene rings is 1. The van der Waals surface area contributed by atoms with E-state index in [1.807, 2.05) is 0 Å². The fourth-order valence-corrected chi connectivity index (χ4v) is 1.92. The van der Waals surface area contributed by atoms with Crippen molar-refractivity contribution in [3.05, 3.63) is 29.8 Å². The Hall–Kier alpha value is -1.14. The highest BCUT2D eigenvalue weighted by atomic mass is 32.2. The lowest BCUT2D eigenvalue weighted by Crippen LogP contribution is -2.39. The lowest BCUT2D eigenvalue weighted by Gasteiger charge is -2.21. The molecule has 0 unspecified atom stereocenters. The number of hydrogen-bond acceptors (Lipinski definition) is 3. The standard InChI is InChI=1S/C12H16F2N2OS/c1-8(11(15)17)16(2)7-9-3-5-10(6-4-9)18-12(13)14/h3-6,8,12H,7H2,1-2H3,(H2,15,17)/t8-/m1/s1. The number of nitrogens with zero attached hydrogens (tertiary/aromatic N) is 1. The van der Waals surface area contributed by atoms with Crippen molar-refractivity contribution in [1.29, 1.82) is 0 Å². The van der Waals surface area contributed by atoms with E-state index in [0.29, 0.717) is 23.2 Å². The Morgan fingerprint density at radius 2 is 1.94 bits per heavy atom. The van der Waals surface area contributed by atoms with E-state index in [-0.39, 0.29) is 11.9 Å². The van der Waals surface area contributed by atoms with Crippen LogP contribution in [0, 0.1) is 0 Å². The molecule has 0 bridgehead atoms. The summed E-state index contributed by atoms with van der Waals surface area (Å²) in [6.07, 6.45) is 0. The van der Waals surface area contributed by atoms with Gasteiger partial charge in [0.25, 0.3) is 5.76 Å². The first-order valence-electron chi connectivity index (χ1n) is 5.43. The van der Waals surface area contributed by atoms with Crippen LogP contribution in [0.1, 0.15) is 12.5 Å². The molecule has 1 aromatic carbocycles. The van der Waals surface area contributed by atoms with E-state index < -0.39 is 5.76 Å². The molecule has 0 aliphatic rings. The van der Waals surface area contributed by atoms with Crippen LogP contribution < -0.4 is 5.73 Å². The maximum absolute atomic E-state index is 12.1. The summed E-state index contributed by atoms with van der Waals surface area (Å²) < 4.78 is 24.3. The number of likely N-dealkylation sites (N-methyl/N-ethyl adjacent to an activating group) is 1. The van der Waals surface area contributed by atoms with Crippen molar-refractivity contribution in [2.24, 2.45) is 5.73 Å². The summed E-state index contributed by atoms with van der Waals surface area (Å²) in [6, 6.07) is 6.48. The third-order valence-corrected chi connectivity index (χ3v) is 3.38. The minimum Gasteiger partial charge on any atom is -0.368 e. The van der Waals surface area contributed by atoms with Crippen molar-refractivity contribution in [2.75, 3.05) is 7.05 Å². The Morgan fingerprint density at radius 1 is 1.39 bits per heavy atom. The minimum atomic E-state index is -2.41. The molecule has 18 heavy (non-hydrogen) atoms. The van der Waals surface area contributed by atoms with Gasteiger partial charge in [-0.1, -0.05) is 23.9 Å². The van der Waals surface area contributed by atoms with E-state index in [0.717, 1.165) is 5.56 Å². The van der Waals surface area contributed by atoms with Crippen LogP contribution in [0.25, 0.3) is 0 Å². The van der Waals surface area contributed by atoms with Crippen molar-refractivity contribution in [2.45, 2.75) is 30.2 Å². The molecule has 0 aliphatic heterocycles. The van der Waals surface area contributed by atoms with Gasteiger partial charge in [-0.2, -0.15) is 8.78 Å². The first-order valence-corrected chi connectivity index (χ1v) is 6.31. The van der Waals surface area contributed by atoms with Gasteiger partial charge in [-0.15, -0.1) is 0 Å². The van der Waals surface area contributed by atoms with Gasteiger partial charge < -0.3 is 5.73 Å². The highest BCUT2D eigenvalue weighted by Crippen LogP contribution is 2.25. The number of hydrogen-bond donors (Lipinski definition) is 1. The Morgan fingerprint density at radius 3 is 2.39 bits per heavy atom. The third-order valence-electron chi connectivity index (χ3n) is 2.65. The van der Waals surface area contributed by atoms with Gasteiger partial charge in [-0.05, 0) is 31.7 Å². The zero-order valence-corrected chi connectivity index (χ0v) is 11.1. The highest BCUT2D eigenvalue weighted by molar-refractivity contribution is 7.99. The van der Waals surface area contributed by atoms with Gasteiger partial charge in [0, 0.05) is 11.4 Å². The molecular weight excluding hydrogens is 258 g/mol. The second kappa shape index (κ2) is 6.70. The van der Waals surface area contributed by atoms with E-state index in [2.05, 4.69) is 0 Å². The van der Waals surface area contributed by atoms with Gasteiger partial charge in [0.05, 0.1) is 6.04 Å². The van der Waals surface area contributed by atoms with Crippen LogP contribution in [0.4, 0.5) is 8.78 Å². The largest absolute Gasteiger partial charge is 0.368 e. The van der Waals surface area contributed by atoms with E-state index in [1.54, 1.807) is 43.1 Å². The molecule has 0 radical (unpaired) electrons. The lowest BCUT2D eigenvalue weighted by atomic mass is 10.2. The van der Waals surface area contributed by atoms with Crippen molar-refractivity contribution in [1.82, 2.24) is 4.90 Å². The Labute approximate surface area is 109 Å². The number of nitrogens with two attached hydrogens (primary N) is 1. The zero-order valence-electron chi connectivity index (χ0n) is 10.3. The van der Waals surface area contributed by atoms with Crippen LogP contribution in [-0.4, -0.2) is 29.7 Å². The molecule has 0 aliphatic carbocycles. The number of alkyl halides is 2. The quantitative estimate of drug-likeness (QED) is 0.810. The first-order chi connectivity index (χ1) is 8.40. The van der Waals surface area contributed by atoms with E-state index in [9.17, 15) is 13.6 Å². The maximum atomic E-state index is 12.1. The number of halogens is 2. The van der Waals surface area contributed by atoms with Gasteiger partial charge in [-0.3, -0.25) is 9.69 Å². The van der Waals surface area contributed by atoms with Gasteiger partial charge >= 0.3 is 0 Å². The fraction of sp³-hybridized carbons (Fsp3) is 0.417. The van der Waals surface area contributed by atoms with Crippen LogP contribution in [0.15, 0.2) is 29.2 Å². The van der Waals surface area contributed by atoms with Crippen molar-refractivity contribution in [3.63, 3.8) is 0 Å².